The predicted octanol–water partition coefficient (Wildman–Crippen LogP) is 3.58. The largest absolute Gasteiger partial charge is 0.490 e. The van der Waals surface area contributed by atoms with E-state index < -0.39 is 0 Å². The smallest absolute Gasteiger partial charge is 0.161 e. The van der Waals surface area contributed by atoms with Crippen LogP contribution in [0.15, 0.2) is 18.2 Å². The van der Waals surface area contributed by atoms with E-state index in [9.17, 15) is 0 Å². The maximum atomic E-state index is 6.08. The van der Waals surface area contributed by atoms with Crippen LogP contribution in [0.5, 0.6) is 11.5 Å². The van der Waals surface area contributed by atoms with E-state index >= 15 is 0 Å². The molecule has 1 saturated carbocycles. The number of hydrogen-bond donors (Lipinski definition) is 0. The molecule has 1 heterocycles. The molecule has 1 aliphatic heterocycles. The first kappa shape index (κ1) is 11.2. The van der Waals surface area contributed by atoms with E-state index in [1.54, 1.807) is 0 Å². The van der Waals surface area contributed by atoms with Gasteiger partial charge in [-0.25, -0.2) is 0 Å². The first-order chi connectivity index (χ1) is 8.38. The molecule has 0 N–H and O–H groups in total. The van der Waals surface area contributed by atoms with Gasteiger partial charge in [0.25, 0.3) is 0 Å². The van der Waals surface area contributed by atoms with Gasteiger partial charge in [-0.1, -0.05) is 6.07 Å². The zero-order valence-electron chi connectivity index (χ0n) is 9.82. The van der Waals surface area contributed by atoms with Crippen LogP contribution in [0.25, 0.3) is 0 Å². The fraction of sp³-hybridized carbons (Fsp3) is 0.571. The zero-order chi connectivity index (χ0) is 11.7. The summed E-state index contributed by atoms with van der Waals surface area (Å²) in [5.74, 6) is 3.71. The molecule has 0 aromatic heterocycles. The summed E-state index contributed by atoms with van der Waals surface area (Å²) in [7, 11) is 0. The van der Waals surface area contributed by atoms with Crippen LogP contribution >= 0.6 is 11.6 Å². The lowest BCUT2D eigenvalue weighted by atomic mass is 9.96. The van der Waals surface area contributed by atoms with Crippen molar-refractivity contribution in [1.29, 1.82) is 0 Å². The molecule has 2 nitrogen and oxygen atoms in total. The first-order valence-corrected chi connectivity index (χ1v) is 6.87. The van der Waals surface area contributed by atoms with Gasteiger partial charge in [-0.05, 0) is 36.5 Å². The highest BCUT2D eigenvalue weighted by Gasteiger charge is 2.32. The number of fused-ring (bicyclic) bond motifs is 1. The van der Waals surface area contributed by atoms with Crippen LogP contribution in [0.3, 0.4) is 0 Å². The van der Waals surface area contributed by atoms with Gasteiger partial charge in [-0.15, -0.1) is 11.6 Å². The molecule has 1 unspecified atom stereocenters. The summed E-state index contributed by atoms with van der Waals surface area (Å²) in [6, 6.07) is 6.28. The summed E-state index contributed by atoms with van der Waals surface area (Å²) in [5.41, 5.74) is 1.30. The Kier molecular flexibility index (Phi) is 3.15. The molecular weight excluding hydrogens is 236 g/mol. The highest BCUT2D eigenvalue weighted by atomic mass is 35.5. The molecule has 1 aliphatic carbocycles. The average Bonchev–Trinajstić information content (AvgIpc) is 3.15. The number of hydrogen-bond acceptors (Lipinski definition) is 2. The number of benzene rings is 1. The lowest BCUT2D eigenvalue weighted by molar-refractivity contribution is 0.297. The van der Waals surface area contributed by atoms with Crippen molar-refractivity contribution in [2.24, 2.45) is 5.92 Å². The maximum absolute atomic E-state index is 6.08. The van der Waals surface area contributed by atoms with Gasteiger partial charge in [0.15, 0.2) is 11.5 Å². The molecular formula is C14H17ClO2. The Morgan fingerprint density at radius 3 is 2.65 bits per heavy atom. The van der Waals surface area contributed by atoms with Crippen LogP contribution in [0.1, 0.15) is 30.7 Å². The molecule has 0 bridgehead atoms. The van der Waals surface area contributed by atoms with Gasteiger partial charge < -0.3 is 9.47 Å². The minimum atomic E-state index is 0.480. The Morgan fingerprint density at radius 1 is 1.18 bits per heavy atom. The minimum Gasteiger partial charge on any atom is -0.490 e. The molecule has 3 rings (SSSR count). The van der Waals surface area contributed by atoms with Crippen LogP contribution in [0.4, 0.5) is 0 Å². The second kappa shape index (κ2) is 4.77. The maximum Gasteiger partial charge on any atom is 0.161 e. The number of alkyl halides is 1. The average molecular weight is 253 g/mol. The summed E-state index contributed by atoms with van der Waals surface area (Å²) in [5, 5.41) is 0. The zero-order valence-corrected chi connectivity index (χ0v) is 10.6. The quantitative estimate of drug-likeness (QED) is 0.766. The topological polar surface area (TPSA) is 18.5 Å². The van der Waals surface area contributed by atoms with Crippen molar-refractivity contribution < 1.29 is 9.47 Å². The molecule has 1 atom stereocenters. The van der Waals surface area contributed by atoms with Crippen molar-refractivity contribution in [3.05, 3.63) is 23.8 Å². The van der Waals surface area contributed by atoms with Crippen LogP contribution in [0, 0.1) is 5.92 Å². The van der Waals surface area contributed by atoms with E-state index in [1.807, 2.05) is 6.07 Å². The third-order valence-electron chi connectivity index (χ3n) is 3.56. The van der Waals surface area contributed by atoms with Crippen LogP contribution in [-0.2, 0) is 0 Å². The van der Waals surface area contributed by atoms with Crippen LogP contribution in [-0.4, -0.2) is 19.1 Å². The number of halogens is 1. The highest BCUT2D eigenvalue weighted by Crippen LogP contribution is 2.45. The molecule has 0 saturated heterocycles. The fourth-order valence-electron chi connectivity index (χ4n) is 2.40. The second-order valence-electron chi connectivity index (χ2n) is 4.85. The molecule has 0 radical (unpaired) electrons. The van der Waals surface area contributed by atoms with Crippen molar-refractivity contribution in [2.45, 2.75) is 25.2 Å². The van der Waals surface area contributed by atoms with E-state index in [1.165, 1.54) is 18.4 Å². The Hall–Kier alpha value is -0.890. The van der Waals surface area contributed by atoms with Gasteiger partial charge in [0, 0.05) is 18.2 Å². The molecule has 17 heavy (non-hydrogen) atoms. The standard InChI is InChI=1S/C14H17ClO2/c15-9-12(10-2-3-10)11-4-5-13-14(8-11)17-7-1-6-16-13/h4-5,8,10,12H,1-3,6-7,9H2. The van der Waals surface area contributed by atoms with E-state index in [0.29, 0.717) is 11.8 Å². The summed E-state index contributed by atoms with van der Waals surface area (Å²) in [6.07, 6.45) is 3.57. The van der Waals surface area contributed by atoms with Crippen LogP contribution < -0.4 is 9.47 Å². The highest BCUT2D eigenvalue weighted by molar-refractivity contribution is 6.18. The Morgan fingerprint density at radius 2 is 1.94 bits per heavy atom. The third-order valence-corrected chi connectivity index (χ3v) is 3.89. The van der Waals surface area contributed by atoms with Gasteiger partial charge in [0.05, 0.1) is 13.2 Å². The Bertz CT molecular complexity index is 401. The molecule has 1 aromatic carbocycles. The molecule has 0 amide bonds. The molecule has 1 aromatic rings. The minimum absolute atomic E-state index is 0.480. The van der Waals surface area contributed by atoms with Crippen molar-refractivity contribution in [2.75, 3.05) is 19.1 Å². The molecule has 1 fully saturated rings. The van der Waals surface area contributed by atoms with E-state index in [2.05, 4.69) is 12.1 Å². The van der Waals surface area contributed by atoms with Crippen molar-refractivity contribution >= 4 is 11.6 Å². The summed E-state index contributed by atoms with van der Waals surface area (Å²) >= 11 is 6.08. The molecule has 0 spiro atoms. The van der Waals surface area contributed by atoms with E-state index in [0.717, 1.165) is 37.1 Å². The van der Waals surface area contributed by atoms with Crippen molar-refractivity contribution in [3.63, 3.8) is 0 Å². The lowest BCUT2D eigenvalue weighted by Gasteiger charge is -2.15. The van der Waals surface area contributed by atoms with Crippen molar-refractivity contribution in [1.82, 2.24) is 0 Å². The van der Waals surface area contributed by atoms with Gasteiger partial charge in [-0.3, -0.25) is 0 Å². The molecule has 92 valence electrons. The Labute approximate surface area is 107 Å². The Balaban J connectivity index is 1.88. The third kappa shape index (κ3) is 2.37. The number of ether oxygens (including phenoxy) is 2. The van der Waals surface area contributed by atoms with Gasteiger partial charge in [0.1, 0.15) is 0 Å². The normalized spacial score (nSPS) is 20.8. The fourth-order valence-corrected chi connectivity index (χ4v) is 2.83. The summed E-state index contributed by atoms with van der Waals surface area (Å²) < 4.78 is 11.4. The monoisotopic (exact) mass is 252 g/mol. The van der Waals surface area contributed by atoms with Crippen molar-refractivity contribution in [3.8, 4) is 11.5 Å². The molecule has 2 aliphatic rings. The van der Waals surface area contributed by atoms with Crippen LogP contribution in [0.2, 0.25) is 0 Å². The number of rotatable bonds is 3. The predicted molar refractivity (Wildman–Crippen MR) is 68.2 cm³/mol. The molecule has 3 heteroatoms. The van der Waals surface area contributed by atoms with Gasteiger partial charge in [-0.2, -0.15) is 0 Å². The lowest BCUT2D eigenvalue weighted by Crippen LogP contribution is -2.03. The van der Waals surface area contributed by atoms with Gasteiger partial charge in [0.2, 0.25) is 0 Å². The summed E-state index contributed by atoms with van der Waals surface area (Å²) in [4.78, 5) is 0. The second-order valence-corrected chi connectivity index (χ2v) is 5.16. The SMILES string of the molecule is ClCC(c1ccc2c(c1)OCCCO2)C1CC1. The first-order valence-electron chi connectivity index (χ1n) is 6.34. The van der Waals surface area contributed by atoms with E-state index in [4.69, 9.17) is 21.1 Å². The van der Waals surface area contributed by atoms with Gasteiger partial charge >= 0.3 is 0 Å². The summed E-state index contributed by atoms with van der Waals surface area (Å²) in [6.45, 7) is 1.49. The van der Waals surface area contributed by atoms with E-state index in [-0.39, 0.29) is 0 Å².